The van der Waals surface area contributed by atoms with Crippen molar-refractivity contribution < 1.29 is 24.5 Å². The van der Waals surface area contributed by atoms with Gasteiger partial charge in [0.15, 0.2) is 0 Å². The predicted molar refractivity (Wildman–Crippen MR) is 255 cm³/mol. The molecule has 0 aromatic carbocycles. The van der Waals surface area contributed by atoms with E-state index >= 15 is 0 Å². The maximum atomic E-state index is 13.2. The van der Waals surface area contributed by atoms with Gasteiger partial charge in [-0.2, -0.15) is 0 Å². The molecule has 0 aliphatic heterocycles. The molecule has 0 heterocycles. The largest absolute Gasteiger partial charge is 0.462 e. The molecule has 0 aromatic heterocycles. The first-order chi connectivity index (χ1) is 29.0. The predicted octanol–water partition coefficient (Wildman–Crippen LogP) is 16.0. The molecule has 0 bridgehead atoms. The van der Waals surface area contributed by atoms with Gasteiger partial charge in [0.05, 0.1) is 25.2 Å². The fraction of sp³-hybridized carbons (Fsp3) is 0.962. The molecular formula is C53H105NO5. The second-order valence-electron chi connectivity index (χ2n) is 18.6. The number of ether oxygens (including phenoxy) is 1. The quantitative estimate of drug-likeness (QED) is 0.0419. The normalized spacial score (nSPS) is 13.1. The van der Waals surface area contributed by atoms with Crippen molar-refractivity contribution in [2.75, 3.05) is 6.61 Å². The van der Waals surface area contributed by atoms with Crippen LogP contribution in [0.15, 0.2) is 0 Å². The topological polar surface area (TPSA) is 95.9 Å². The lowest BCUT2D eigenvalue weighted by Gasteiger charge is -2.24. The molecule has 0 spiro atoms. The zero-order valence-corrected chi connectivity index (χ0v) is 40.2. The Morgan fingerprint density at radius 2 is 0.712 bits per heavy atom. The summed E-state index contributed by atoms with van der Waals surface area (Å²) in [4.78, 5) is 26.1. The highest BCUT2D eigenvalue weighted by Crippen LogP contribution is 2.19. The summed E-state index contributed by atoms with van der Waals surface area (Å²) in [5, 5.41) is 23.8. The van der Waals surface area contributed by atoms with Crippen molar-refractivity contribution in [1.29, 1.82) is 0 Å². The Balaban J connectivity index is 4.36. The summed E-state index contributed by atoms with van der Waals surface area (Å²) in [6, 6.07) is -0.692. The van der Waals surface area contributed by atoms with E-state index in [9.17, 15) is 19.8 Å². The van der Waals surface area contributed by atoms with Crippen LogP contribution in [0.2, 0.25) is 0 Å². The van der Waals surface area contributed by atoms with Crippen LogP contribution < -0.4 is 5.32 Å². The van der Waals surface area contributed by atoms with Gasteiger partial charge in [0.1, 0.15) is 6.10 Å². The third kappa shape index (κ3) is 43.3. The van der Waals surface area contributed by atoms with Crippen LogP contribution >= 0.6 is 0 Å². The van der Waals surface area contributed by atoms with Gasteiger partial charge >= 0.3 is 5.97 Å². The zero-order valence-electron chi connectivity index (χ0n) is 40.2. The van der Waals surface area contributed by atoms with E-state index in [-0.39, 0.29) is 24.9 Å². The lowest BCUT2D eigenvalue weighted by atomic mass is 10.0. The molecule has 6 nitrogen and oxygen atoms in total. The summed E-state index contributed by atoms with van der Waals surface area (Å²) >= 11 is 0. The van der Waals surface area contributed by atoms with Crippen LogP contribution in [0.25, 0.3) is 0 Å². The first-order valence-electron chi connectivity index (χ1n) is 26.8. The second-order valence-corrected chi connectivity index (χ2v) is 18.6. The van der Waals surface area contributed by atoms with Crippen LogP contribution in [-0.4, -0.2) is 46.9 Å². The third-order valence-electron chi connectivity index (χ3n) is 12.7. The van der Waals surface area contributed by atoms with E-state index in [0.29, 0.717) is 19.3 Å². The van der Waals surface area contributed by atoms with E-state index in [1.807, 2.05) is 0 Å². The van der Waals surface area contributed by atoms with Gasteiger partial charge in [0, 0.05) is 6.42 Å². The Hall–Kier alpha value is -1.14. The molecule has 0 aromatic rings. The van der Waals surface area contributed by atoms with Crippen molar-refractivity contribution in [2.45, 2.75) is 322 Å². The lowest BCUT2D eigenvalue weighted by Crippen LogP contribution is -2.46. The molecule has 0 fully saturated rings. The third-order valence-corrected chi connectivity index (χ3v) is 12.7. The summed E-state index contributed by atoms with van der Waals surface area (Å²) in [5.74, 6) is -0.453. The summed E-state index contributed by atoms with van der Waals surface area (Å²) in [7, 11) is 0. The fourth-order valence-corrected chi connectivity index (χ4v) is 8.61. The Bertz CT molecular complexity index is 852. The van der Waals surface area contributed by atoms with Crippen LogP contribution in [0, 0.1) is 0 Å². The Kier molecular flexibility index (Phi) is 47.0. The number of unbranched alkanes of at least 4 members (excludes halogenated alkanes) is 37. The number of esters is 1. The molecule has 0 rings (SSSR count). The molecule has 1 amide bonds. The molecular weight excluding hydrogens is 731 g/mol. The van der Waals surface area contributed by atoms with E-state index in [0.717, 1.165) is 38.5 Å². The fourth-order valence-electron chi connectivity index (χ4n) is 8.61. The average molecular weight is 836 g/mol. The first kappa shape index (κ1) is 57.9. The molecule has 3 N–H and O–H groups in total. The van der Waals surface area contributed by atoms with Gasteiger partial charge in [0.25, 0.3) is 0 Å². The minimum absolute atomic E-state index is 0.0871. The van der Waals surface area contributed by atoms with E-state index in [1.54, 1.807) is 0 Å². The van der Waals surface area contributed by atoms with Gasteiger partial charge in [-0.25, -0.2) is 0 Å². The number of nitrogens with one attached hydrogen (secondary N) is 1. The SMILES string of the molecule is CCCCCCCCCCCCCCCCCCCC(O)C(CO)NC(=O)CC(CCCCCCCCCCC)OC(=O)CCCCCCCCCCCCCCCC. The highest BCUT2D eigenvalue weighted by atomic mass is 16.5. The molecule has 352 valence electrons. The molecule has 3 atom stereocenters. The number of hydrogen-bond donors (Lipinski definition) is 3. The number of hydrogen-bond acceptors (Lipinski definition) is 5. The summed E-state index contributed by atoms with van der Waals surface area (Å²) in [6.45, 7) is 6.51. The molecule has 0 aliphatic rings. The standard InChI is InChI=1S/C53H105NO5/c1-4-7-10-13-16-19-21-23-25-26-27-28-30-33-36-39-42-45-51(56)50(48-55)54-52(57)47-49(44-41-38-35-32-18-15-12-9-6-3)59-53(58)46-43-40-37-34-31-29-24-22-20-17-14-11-8-5-2/h49-51,55-56H,4-48H2,1-3H3,(H,54,57). The maximum absolute atomic E-state index is 13.2. The second kappa shape index (κ2) is 47.9. The number of rotatable bonds is 49. The van der Waals surface area contributed by atoms with Crippen LogP contribution in [0.3, 0.4) is 0 Å². The van der Waals surface area contributed by atoms with Gasteiger partial charge in [-0.15, -0.1) is 0 Å². The number of carbonyl (C=O) groups is 2. The van der Waals surface area contributed by atoms with Crippen LogP contribution in [-0.2, 0) is 14.3 Å². The van der Waals surface area contributed by atoms with Gasteiger partial charge < -0.3 is 20.3 Å². The van der Waals surface area contributed by atoms with E-state index < -0.39 is 18.2 Å². The number of carbonyl (C=O) groups excluding carboxylic acids is 2. The Morgan fingerprint density at radius 3 is 1.03 bits per heavy atom. The van der Waals surface area contributed by atoms with Gasteiger partial charge in [-0.3, -0.25) is 9.59 Å². The Labute approximate surface area is 368 Å². The van der Waals surface area contributed by atoms with Crippen molar-refractivity contribution >= 4 is 11.9 Å². The van der Waals surface area contributed by atoms with Crippen molar-refractivity contribution in [1.82, 2.24) is 5.32 Å². The molecule has 59 heavy (non-hydrogen) atoms. The van der Waals surface area contributed by atoms with E-state index in [4.69, 9.17) is 4.74 Å². The van der Waals surface area contributed by atoms with Crippen molar-refractivity contribution in [3.8, 4) is 0 Å². The highest BCUT2D eigenvalue weighted by molar-refractivity contribution is 5.77. The minimum Gasteiger partial charge on any atom is -0.462 e. The number of aliphatic hydroxyl groups excluding tert-OH is 2. The maximum Gasteiger partial charge on any atom is 0.306 e. The van der Waals surface area contributed by atoms with Crippen LogP contribution in [0.1, 0.15) is 303 Å². The molecule has 6 heteroatoms. The average Bonchev–Trinajstić information content (AvgIpc) is 3.23. The monoisotopic (exact) mass is 836 g/mol. The van der Waals surface area contributed by atoms with Crippen LogP contribution in [0.5, 0.6) is 0 Å². The van der Waals surface area contributed by atoms with Crippen molar-refractivity contribution in [3.63, 3.8) is 0 Å². The summed E-state index contributed by atoms with van der Waals surface area (Å²) in [6.07, 6.45) is 51.7. The van der Waals surface area contributed by atoms with E-state index in [2.05, 4.69) is 26.1 Å². The van der Waals surface area contributed by atoms with E-state index in [1.165, 1.54) is 218 Å². The summed E-state index contributed by atoms with van der Waals surface area (Å²) in [5.41, 5.74) is 0. The molecule has 0 saturated carbocycles. The van der Waals surface area contributed by atoms with Crippen LogP contribution in [0.4, 0.5) is 0 Å². The van der Waals surface area contributed by atoms with Gasteiger partial charge in [-0.1, -0.05) is 265 Å². The molecule has 0 saturated heterocycles. The molecule has 0 aliphatic carbocycles. The molecule has 0 radical (unpaired) electrons. The highest BCUT2D eigenvalue weighted by Gasteiger charge is 2.24. The molecule has 3 unspecified atom stereocenters. The number of amides is 1. The first-order valence-corrected chi connectivity index (χ1v) is 26.8. The zero-order chi connectivity index (χ0) is 43.1. The minimum atomic E-state index is -0.779. The number of aliphatic hydroxyl groups is 2. The van der Waals surface area contributed by atoms with Crippen molar-refractivity contribution in [3.05, 3.63) is 0 Å². The van der Waals surface area contributed by atoms with Gasteiger partial charge in [0.2, 0.25) is 5.91 Å². The lowest BCUT2D eigenvalue weighted by molar-refractivity contribution is -0.151. The van der Waals surface area contributed by atoms with Gasteiger partial charge in [-0.05, 0) is 25.7 Å². The summed E-state index contributed by atoms with van der Waals surface area (Å²) < 4.78 is 5.92. The Morgan fingerprint density at radius 1 is 0.424 bits per heavy atom. The smallest absolute Gasteiger partial charge is 0.306 e. The van der Waals surface area contributed by atoms with Crippen molar-refractivity contribution in [2.24, 2.45) is 0 Å².